The number of hydrogen-bond donors (Lipinski definition) is 1. The van der Waals surface area contributed by atoms with Gasteiger partial charge in [-0.2, -0.15) is 0 Å². The van der Waals surface area contributed by atoms with Crippen LogP contribution >= 0.6 is 0 Å². The highest BCUT2D eigenvalue weighted by atomic mass is 16.5. The number of amides is 1. The molecule has 2 heterocycles. The molecule has 6 heteroatoms. The maximum atomic E-state index is 13.0. The summed E-state index contributed by atoms with van der Waals surface area (Å²) < 4.78 is 6.73. The van der Waals surface area contributed by atoms with Crippen molar-refractivity contribution in [3.05, 3.63) is 66.5 Å². The second kappa shape index (κ2) is 6.57. The fraction of sp³-hybridized carbons (Fsp3) is 0.0952. The van der Waals surface area contributed by atoms with Crippen LogP contribution in [0.4, 0.5) is 5.69 Å². The van der Waals surface area contributed by atoms with Gasteiger partial charge in [-0.15, -0.1) is 0 Å². The minimum absolute atomic E-state index is 0.170. The Morgan fingerprint density at radius 2 is 1.93 bits per heavy atom. The second-order valence-corrected chi connectivity index (χ2v) is 6.15. The molecule has 0 bridgehead atoms. The minimum Gasteiger partial charge on any atom is -0.497 e. The maximum Gasteiger partial charge on any atom is 0.257 e. The van der Waals surface area contributed by atoms with E-state index in [0.717, 1.165) is 5.39 Å². The summed E-state index contributed by atoms with van der Waals surface area (Å²) in [6.45, 7) is 1.46. The van der Waals surface area contributed by atoms with E-state index in [1.807, 2.05) is 24.3 Å². The number of hydrogen-bond acceptors (Lipinski definition) is 4. The number of benzene rings is 2. The molecular weight excluding hydrogens is 342 g/mol. The van der Waals surface area contributed by atoms with Crippen molar-refractivity contribution in [1.82, 2.24) is 9.55 Å². The molecule has 0 saturated heterocycles. The summed E-state index contributed by atoms with van der Waals surface area (Å²) in [4.78, 5) is 29.3. The maximum absolute atomic E-state index is 13.0. The largest absolute Gasteiger partial charge is 0.497 e. The zero-order valence-electron chi connectivity index (χ0n) is 14.9. The van der Waals surface area contributed by atoms with E-state index in [0.29, 0.717) is 33.4 Å². The van der Waals surface area contributed by atoms with Gasteiger partial charge in [0.2, 0.25) is 5.91 Å². The predicted molar refractivity (Wildman–Crippen MR) is 104 cm³/mol. The average molecular weight is 359 g/mol. The van der Waals surface area contributed by atoms with Crippen molar-refractivity contribution in [2.75, 3.05) is 12.4 Å². The van der Waals surface area contributed by atoms with Gasteiger partial charge >= 0.3 is 0 Å². The number of pyridine rings is 1. The number of nitrogens with zero attached hydrogens (tertiary/aromatic N) is 2. The molecule has 4 rings (SSSR count). The highest BCUT2D eigenvalue weighted by Crippen LogP contribution is 2.28. The van der Waals surface area contributed by atoms with Crippen LogP contribution in [0, 0.1) is 0 Å². The molecule has 0 radical (unpaired) electrons. The molecule has 0 fully saturated rings. The van der Waals surface area contributed by atoms with E-state index in [9.17, 15) is 9.59 Å². The van der Waals surface area contributed by atoms with E-state index in [4.69, 9.17) is 4.74 Å². The Hall–Kier alpha value is -3.67. The molecular formula is C21H17N3O3. The van der Waals surface area contributed by atoms with Crippen molar-refractivity contribution in [1.29, 1.82) is 0 Å². The van der Waals surface area contributed by atoms with Gasteiger partial charge in [0.1, 0.15) is 5.75 Å². The fourth-order valence-corrected chi connectivity index (χ4v) is 3.17. The molecule has 0 atom stereocenters. The van der Waals surface area contributed by atoms with Crippen molar-refractivity contribution in [2.24, 2.45) is 0 Å². The minimum atomic E-state index is -0.314. The lowest BCUT2D eigenvalue weighted by Gasteiger charge is -2.07. The summed E-state index contributed by atoms with van der Waals surface area (Å²) >= 11 is 0. The number of fused-ring (bicyclic) bond motifs is 2. The predicted octanol–water partition coefficient (Wildman–Crippen LogP) is 4.11. The number of ether oxygens (including phenoxy) is 1. The third kappa shape index (κ3) is 2.91. The van der Waals surface area contributed by atoms with Crippen molar-refractivity contribution in [3.63, 3.8) is 0 Å². The fourth-order valence-electron chi connectivity index (χ4n) is 3.17. The van der Waals surface area contributed by atoms with Crippen LogP contribution in [0.2, 0.25) is 0 Å². The molecule has 0 aliphatic carbocycles. The topological polar surface area (TPSA) is 73.2 Å². The zero-order chi connectivity index (χ0) is 19.0. The molecule has 1 amide bonds. The molecule has 2 aromatic carbocycles. The van der Waals surface area contributed by atoms with Gasteiger partial charge in [-0.05, 0) is 30.3 Å². The smallest absolute Gasteiger partial charge is 0.257 e. The van der Waals surface area contributed by atoms with Crippen LogP contribution in [-0.2, 0) is 0 Å². The molecule has 0 unspecified atom stereocenters. The summed E-state index contributed by atoms with van der Waals surface area (Å²) in [6, 6.07) is 14.7. The lowest BCUT2D eigenvalue weighted by atomic mass is 10.1. The van der Waals surface area contributed by atoms with Crippen LogP contribution in [0.1, 0.15) is 22.1 Å². The number of carbonyl (C=O) groups is 2. The molecule has 4 aromatic rings. The van der Waals surface area contributed by atoms with Gasteiger partial charge in [0.05, 0.1) is 29.4 Å². The van der Waals surface area contributed by atoms with Crippen molar-refractivity contribution < 1.29 is 14.3 Å². The van der Waals surface area contributed by atoms with Crippen LogP contribution in [0.25, 0.3) is 21.8 Å². The van der Waals surface area contributed by atoms with Crippen molar-refractivity contribution in [3.8, 4) is 5.75 Å². The first kappa shape index (κ1) is 16.8. The van der Waals surface area contributed by atoms with Gasteiger partial charge in [0.25, 0.3) is 5.91 Å². The number of para-hydroxylation sites is 1. The van der Waals surface area contributed by atoms with E-state index >= 15 is 0 Å². The number of rotatable bonds is 3. The normalized spacial score (nSPS) is 10.9. The van der Waals surface area contributed by atoms with Crippen molar-refractivity contribution in [2.45, 2.75) is 6.92 Å². The highest BCUT2D eigenvalue weighted by Gasteiger charge is 2.18. The van der Waals surface area contributed by atoms with Gasteiger partial charge in [-0.3, -0.25) is 19.1 Å². The molecule has 0 saturated carbocycles. The lowest BCUT2D eigenvalue weighted by Crippen LogP contribution is -2.12. The number of aromatic nitrogens is 2. The first-order chi connectivity index (χ1) is 13.1. The van der Waals surface area contributed by atoms with E-state index < -0.39 is 0 Å². The standard InChI is InChI=1S/C21H17N3O3/c1-13(25)24-12-17(16-11-15(27-2)8-9-19(16)24)21(26)23-18-7-3-5-14-6-4-10-22-20(14)18/h3-12H,1-2H3,(H,23,26). The van der Waals surface area contributed by atoms with Crippen LogP contribution in [-0.4, -0.2) is 28.5 Å². The molecule has 134 valence electrons. The molecule has 27 heavy (non-hydrogen) atoms. The summed E-state index contributed by atoms with van der Waals surface area (Å²) in [5.74, 6) is 0.132. The second-order valence-electron chi connectivity index (χ2n) is 6.15. The van der Waals surface area contributed by atoms with Crippen LogP contribution in [0.15, 0.2) is 60.9 Å². The van der Waals surface area contributed by atoms with Crippen LogP contribution in [0.5, 0.6) is 5.75 Å². The molecule has 6 nitrogen and oxygen atoms in total. The summed E-state index contributed by atoms with van der Waals surface area (Å²) in [5.41, 5.74) is 2.38. The van der Waals surface area contributed by atoms with Gasteiger partial charge in [-0.25, -0.2) is 0 Å². The summed E-state index contributed by atoms with van der Waals surface area (Å²) in [5, 5.41) is 4.50. The van der Waals surface area contributed by atoms with E-state index in [1.165, 1.54) is 11.5 Å². The van der Waals surface area contributed by atoms with Gasteiger partial charge in [0.15, 0.2) is 0 Å². The molecule has 0 aliphatic heterocycles. The van der Waals surface area contributed by atoms with Gasteiger partial charge in [0, 0.05) is 30.1 Å². The van der Waals surface area contributed by atoms with Crippen molar-refractivity contribution >= 4 is 39.3 Å². The molecule has 2 aromatic heterocycles. The van der Waals surface area contributed by atoms with E-state index in [-0.39, 0.29) is 11.8 Å². The van der Waals surface area contributed by atoms with Crippen LogP contribution < -0.4 is 10.1 Å². The van der Waals surface area contributed by atoms with Crippen LogP contribution in [0.3, 0.4) is 0 Å². The quantitative estimate of drug-likeness (QED) is 0.597. The Morgan fingerprint density at radius 3 is 2.70 bits per heavy atom. The Labute approximate surface area is 155 Å². The Balaban J connectivity index is 1.81. The zero-order valence-corrected chi connectivity index (χ0v) is 14.9. The summed E-state index contributed by atoms with van der Waals surface area (Å²) in [7, 11) is 1.56. The Bertz CT molecular complexity index is 1190. The third-order valence-corrected chi connectivity index (χ3v) is 4.48. The summed E-state index contributed by atoms with van der Waals surface area (Å²) in [6.07, 6.45) is 3.24. The number of methoxy groups -OCH3 is 1. The van der Waals surface area contributed by atoms with E-state index in [2.05, 4.69) is 10.3 Å². The van der Waals surface area contributed by atoms with Gasteiger partial charge < -0.3 is 10.1 Å². The third-order valence-electron chi connectivity index (χ3n) is 4.48. The number of nitrogens with one attached hydrogen (secondary N) is 1. The molecule has 0 aliphatic rings. The monoisotopic (exact) mass is 359 g/mol. The lowest BCUT2D eigenvalue weighted by molar-refractivity contribution is 0.0941. The van der Waals surface area contributed by atoms with Gasteiger partial charge in [-0.1, -0.05) is 18.2 Å². The molecule has 1 N–H and O–H groups in total. The average Bonchev–Trinajstić information content (AvgIpc) is 3.07. The first-order valence-electron chi connectivity index (χ1n) is 8.43. The Kier molecular flexibility index (Phi) is 4.08. The number of anilines is 1. The number of carbonyl (C=O) groups excluding carboxylic acids is 2. The molecule has 0 spiro atoms. The first-order valence-corrected chi connectivity index (χ1v) is 8.43. The Morgan fingerprint density at radius 1 is 1.11 bits per heavy atom. The highest BCUT2D eigenvalue weighted by molar-refractivity contribution is 6.16. The SMILES string of the molecule is COc1ccc2c(c1)c(C(=O)Nc1cccc3cccnc13)cn2C(C)=O. The van der Waals surface area contributed by atoms with E-state index in [1.54, 1.807) is 43.8 Å².